The van der Waals surface area contributed by atoms with Gasteiger partial charge >= 0.3 is 23.9 Å². The van der Waals surface area contributed by atoms with Crippen molar-refractivity contribution in [2.45, 2.75) is 129 Å². The van der Waals surface area contributed by atoms with Crippen LogP contribution in [0.25, 0.3) is 0 Å². The minimum Gasteiger partial charge on any atom is -0.463 e. The fraction of sp³-hybridized carbons (Fsp3) is 0.630. The lowest BCUT2D eigenvalue weighted by Crippen LogP contribution is -2.39. The zero-order valence-electron chi connectivity index (χ0n) is 38.2. The van der Waals surface area contributed by atoms with Crippen molar-refractivity contribution in [3.8, 4) is 0 Å². The topological polar surface area (TPSA) is 219 Å². The number of nitrogens with one attached hydrogen (secondary N) is 3. The molecule has 1 aliphatic carbocycles. The number of unbranched alkanes of at least 4 members (excludes halogenated alkanes) is 1. The Kier molecular flexibility index (Phi) is 21.4. The van der Waals surface area contributed by atoms with Crippen LogP contribution in [-0.4, -0.2) is 131 Å². The zero-order chi connectivity index (χ0) is 46.5. The maximum atomic E-state index is 13.4. The summed E-state index contributed by atoms with van der Waals surface area (Å²) in [4.78, 5) is 62.4. The van der Waals surface area contributed by atoms with Gasteiger partial charge in [0.05, 0.1) is 57.3 Å². The van der Waals surface area contributed by atoms with Crippen molar-refractivity contribution < 1.29 is 52.8 Å². The standard InChI is InChI=1S/C46H68N6O11S/c1-32(2)10-9-16-45(5)17-13-34(37(53)14-19-46(6,58)39(15-18-45)63-41(55)26-33(3)4)30-62-42(56)28-47-27-35-29-52(51-50-35)20-21-59-22-23-60-24-25-61-40(54)12-8-7-11-38-43-36(31-64-38)48-44(57)49-43/h10,13-15,18-19,26,29,36,38-39,43,47,58H,7-9,11-12,16-17,20-25,27-28,30-31H2,1-6H3,(H2,48,49,57)/b18-15?,19-14+,34-13-/t36-,38-,39+,43-,45-,46+/m0/s1. The number of carbonyl (C=O) groups is 5. The van der Waals surface area contributed by atoms with Gasteiger partial charge in [-0.1, -0.05) is 47.9 Å². The predicted octanol–water partition coefficient (Wildman–Crippen LogP) is 4.61. The molecule has 3 heterocycles. The second-order valence-electron chi connectivity index (χ2n) is 17.3. The Hall–Kier alpha value is -4.62. The molecule has 0 unspecified atom stereocenters. The second kappa shape index (κ2) is 26.4. The zero-order valence-corrected chi connectivity index (χ0v) is 39.0. The summed E-state index contributed by atoms with van der Waals surface area (Å²) in [6.07, 6.45) is 16.9. The number of hydrogen-bond acceptors (Lipinski definition) is 15. The molecule has 1 aromatic heterocycles. The average Bonchev–Trinajstić information content (AvgIpc) is 3.95. The minimum absolute atomic E-state index is 0.0891. The number of hydrogen-bond donors (Lipinski definition) is 4. The van der Waals surface area contributed by atoms with Crippen LogP contribution in [0.3, 0.4) is 0 Å². The van der Waals surface area contributed by atoms with E-state index >= 15 is 0 Å². The Morgan fingerprint density at radius 1 is 0.984 bits per heavy atom. The van der Waals surface area contributed by atoms with Crippen LogP contribution in [0.15, 0.2) is 65.4 Å². The van der Waals surface area contributed by atoms with E-state index in [9.17, 15) is 29.1 Å². The van der Waals surface area contributed by atoms with Gasteiger partial charge in [0.15, 0.2) is 11.9 Å². The molecule has 0 aromatic carbocycles. The summed E-state index contributed by atoms with van der Waals surface area (Å²) in [6.45, 7) is 12.9. The number of aromatic nitrogens is 3. The molecular weight excluding hydrogens is 845 g/mol. The van der Waals surface area contributed by atoms with Crippen molar-refractivity contribution in [3.05, 3.63) is 71.1 Å². The second-order valence-corrected chi connectivity index (χ2v) is 18.6. The Labute approximate surface area is 381 Å². The van der Waals surface area contributed by atoms with Gasteiger partial charge in [-0.15, -0.1) is 5.10 Å². The summed E-state index contributed by atoms with van der Waals surface area (Å²) in [5.41, 5.74) is 0.595. The molecule has 0 radical (unpaired) electrons. The van der Waals surface area contributed by atoms with E-state index in [0.29, 0.717) is 56.6 Å². The lowest BCUT2D eigenvalue weighted by atomic mass is 9.80. The van der Waals surface area contributed by atoms with E-state index in [4.69, 9.17) is 23.7 Å². The van der Waals surface area contributed by atoms with Gasteiger partial charge in [0.25, 0.3) is 0 Å². The molecule has 0 bridgehead atoms. The molecule has 354 valence electrons. The molecule has 2 aliphatic heterocycles. The fourth-order valence-electron chi connectivity index (χ4n) is 7.10. The highest BCUT2D eigenvalue weighted by molar-refractivity contribution is 8.00. The van der Waals surface area contributed by atoms with Crippen LogP contribution in [0.2, 0.25) is 0 Å². The van der Waals surface area contributed by atoms with E-state index in [1.165, 1.54) is 30.7 Å². The highest BCUT2D eigenvalue weighted by Gasteiger charge is 2.42. The number of carbonyl (C=O) groups excluding carboxylic acids is 5. The van der Waals surface area contributed by atoms with Crippen molar-refractivity contribution >= 4 is 41.5 Å². The number of allylic oxidation sites excluding steroid dienone is 6. The van der Waals surface area contributed by atoms with E-state index in [1.54, 1.807) is 36.9 Å². The monoisotopic (exact) mass is 912 g/mol. The number of ether oxygens (including phenoxy) is 5. The summed E-state index contributed by atoms with van der Waals surface area (Å²) in [7, 11) is 0. The van der Waals surface area contributed by atoms with Gasteiger partial charge in [-0.3, -0.25) is 14.4 Å². The summed E-state index contributed by atoms with van der Waals surface area (Å²) in [5.74, 6) is -0.928. The average molecular weight is 913 g/mol. The number of fused-ring (bicyclic) bond motifs is 1. The molecule has 4 rings (SSSR count). The smallest absolute Gasteiger partial charge is 0.331 e. The first-order valence-electron chi connectivity index (χ1n) is 22.1. The SMILES string of the molecule is CC(C)=CCC[C@]1(C)C=C[C@@H](OC(=O)C=C(C)C)[C@](C)(O)/C=C/C(=O)/C(COC(=O)CNCc2cn(CCOCCOCCOC(=O)CCCC[C@@H]3SC[C@@H]4NC(=O)N[C@@H]43)nn2)=C\C1. The maximum absolute atomic E-state index is 13.4. The Morgan fingerprint density at radius 2 is 1.75 bits per heavy atom. The van der Waals surface area contributed by atoms with Gasteiger partial charge in [0.1, 0.15) is 18.8 Å². The number of rotatable bonds is 25. The van der Waals surface area contributed by atoms with Gasteiger partial charge in [-0.25, -0.2) is 14.3 Å². The van der Waals surface area contributed by atoms with Gasteiger partial charge in [-0.05, 0) is 90.4 Å². The normalized spacial score (nSPS) is 25.5. The van der Waals surface area contributed by atoms with E-state index in [1.807, 2.05) is 38.6 Å². The fourth-order valence-corrected chi connectivity index (χ4v) is 8.64. The molecule has 3 aliphatic rings. The molecular formula is C46H68N6O11S. The number of thioether (sulfide) groups is 1. The summed E-state index contributed by atoms with van der Waals surface area (Å²) in [6, 6.07) is 0.296. The van der Waals surface area contributed by atoms with Crippen LogP contribution in [0, 0.1) is 5.41 Å². The van der Waals surface area contributed by atoms with E-state index in [2.05, 4.69) is 32.3 Å². The quantitative estimate of drug-likeness (QED) is 0.0263. The summed E-state index contributed by atoms with van der Waals surface area (Å²) in [5, 5.41) is 28.9. The number of aliphatic hydroxyl groups is 1. The minimum atomic E-state index is -1.71. The first kappa shape index (κ1) is 52.0. The molecule has 64 heavy (non-hydrogen) atoms. The largest absolute Gasteiger partial charge is 0.463 e. The van der Waals surface area contributed by atoms with Crippen LogP contribution in [-0.2, 0) is 56.0 Å². The highest BCUT2D eigenvalue weighted by Crippen LogP contribution is 2.34. The van der Waals surface area contributed by atoms with Crippen LogP contribution in [0.5, 0.6) is 0 Å². The van der Waals surface area contributed by atoms with Gasteiger partial charge in [0.2, 0.25) is 0 Å². The number of esters is 3. The third kappa shape index (κ3) is 18.8. The summed E-state index contributed by atoms with van der Waals surface area (Å²) < 4.78 is 29.2. The van der Waals surface area contributed by atoms with Crippen molar-refractivity contribution in [1.82, 2.24) is 30.9 Å². The van der Waals surface area contributed by atoms with Gasteiger partial charge < -0.3 is 44.7 Å². The van der Waals surface area contributed by atoms with E-state index in [-0.39, 0.29) is 62.6 Å². The van der Waals surface area contributed by atoms with Crippen molar-refractivity contribution in [2.24, 2.45) is 5.41 Å². The summed E-state index contributed by atoms with van der Waals surface area (Å²) >= 11 is 1.87. The number of ketones is 1. The van der Waals surface area contributed by atoms with Crippen LogP contribution in [0.1, 0.15) is 92.2 Å². The Balaban J connectivity index is 1.10. The number of amides is 2. The molecule has 2 saturated heterocycles. The number of nitrogens with zero attached hydrogens (tertiary/aromatic N) is 3. The van der Waals surface area contributed by atoms with Crippen molar-refractivity contribution in [1.29, 1.82) is 0 Å². The molecule has 17 nitrogen and oxygen atoms in total. The van der Waals surface area contributed by atoms with Gasteiger partial charge in [-0.2, -0.15) is 11.8 Å². The molecule has 1 aromatic rings. The molecule has 0 spiro atoms. The molecule has 6 atom stereocenters. The van der Waals surface area contributed by atoms with E-state index < -0.39 is 34.8 Å². The van der Waals surface area contributed by atoms with Crippen molar-refractivity contribution in [3.63, 3.8) is 0 Å². The molecule has 0 saturated carbocycles. The van der Waals surface area contributed by atoms with Gasteiger partial charge in [0, 0.05) is 41.8 Å². The molecule has 4 N–H and O–H groups in total. The third-order valence-corrected chi connectivity index (χ3v) is 12.3. The molecule has 18 heteroatoms. The van der Waals surface area contributed by atoms with E-state index in [0.717, 1.165) is 37.0 Å². The highest BCUT2D eigenvalue weighted by atomic mass is 32.2. The van der Waals surface area contributed by atoms with Crippen LogP contribution >= 0.6 is 11.8 Å². The van der Waals surface area contributed by atoms with Crippen LogP contribution in [0.4, 0.5) is 4.79 Å². The number of urea groups is 1. The third-order valence-electron chi connectivity index (χ3n) is 10.8. The lowest BCUT2D eigenvalue weighted by Gasteiger charge is -2.29. The first-order valence-corrected chi connectivity index (χ1v) is 23.1. The predicted molar refractivity (Wildman–Crippen MR) is 242 cm³/mol. The molecule has 2 amide bonds. The first-order chi connectivity index (χ1) is 30.5. The Bertz CT molecular complexity index is 1880. The van der Waals surface area contributed by atoms with Crippen LogP contribution < -0.4 is 16.0 Å². The van der Waals surface area contributed by atoms with Crippen molar-refractivity contribution in [2.75, 3.05) is 51.9 Å². The maximum Gasteiger partial charge on any atom is 0.331 e. The molecule has 2 fully saturated rings. The lowest BCUT2D eigenvalue weighted by molar-refractivity contribution is -0.149. The Morgan fingerprint density at radius 3 is 2.52 bits per heavy atom.